The maximum atomic E-state index is 10.6. The predicted octanol–water partition coefficient (Wildman–Crippen LogP) is 2.28. The van der Waals surface area contributed by atoms with E-state index in [2.05, 4.69) is 65.9 Å². The zero-order valence-electron chi connectivity index (χ0n) is 16.6. The molecule has 31 heavy (non-hydrogen) atoms. The summed E-state index contributed by atoms with van der Waals surface area (Å²) in [5, 5.41) is 23.6. The van der Waals surface area contributed by atoms with Gasteiger partial charge in [0.05, 0.1) is 12.7 Å². The number of carboxylic acid groups (broad SMARTS) is 1. The molecule has 0 aliphatic carbocycles. The van der Waals surface area contributed by atoms with Gasteiger partial charge in [-0.15, -0.1) is 5.10 Å². The lowest BCUT2D eigenvalue weighted by Gasteiger charge is -2.42. The van der Waals surface area contributed by atoms with Gasteiger partial charge in [0.1, 0.15) is 22.9 Å². The van der Waals surface area contributed by atoms with E-state index >= 15 is 0 Å². The Kier molecular flexibility index (Phi) is 6.46. The smallest absolute Gasteiger partial charge is 0.475 e. The fourth-order valence-corrected chi connectivity index (χ4v) is 3.33. The molecule has 1 saturated heterocycles. The number of rotatable bonds is 4. The summed E-state index contributed by atoms with van der Waals surface area (Å²) in [5.74, 6) is -1.10. The first-order valence-corrected chi connectivity index (χ1v) is 9.87. The summed E-state index contributed by atoms with van der Waals surface area (Å²) in [6.45, 7) is 6.11. The summed E-state index contributed by atoms with van der Waals surface area (Å²) in [6, 6.07) is 8.40. The third kappa shape index (κ3) is 5.10. The number of nitrogens with zero attached hydrogens (tertiary/aromatic N) is 6. The Morgan fingerprint density at radius 1 is 1.26 bits per heavy atom. The second-order valence-corrected chi connectivity index (χ2v) is 7.88. The molecule has 3 heterocycles. The molecule has 3 aromatic rings. The van der Waals surface area contributed by atoms with Crippen LogP contribution in [0.3, 0.4) is 0 Å². The molecule has 0 spiro atoms. The van der Waals surface area contributed by atoms with Crippen LogP contribution in [-0.4, -0.2) is 60.1 Å². The van der Waals surface area contributed by atoms with Gasteiger partial charge in [0, 0.05) is 17.6 Å². The monoisotopic (exact) mass is 501 g/mol. The van der Waals surface area contributed by atoms with E-state index in [9.17, 15) is 13.2 Å². The largest absolute Gasteiger partial charge is 0.490 e. The Hall–Kier alpha value is -2.80. The van der Waals surface area contributed by atoms with Gasteiger partial charge in [-0.3, -0.25) is 0 Å². The van der Waals surface area contributed by atoms with Crippen molar-refractivity contribution < 1.29 is 23.1 Å². The topological polar surface area (TPSA) is 111 Å². The zero-order valence-corrected chi connectivity index (χ0v) is 18.1. The Labute approximate surface area is 183 Å². The zero-order chi connectivity index (χ0) is 22.8. The summed E-state index contributed by atoms with van der Waals surface area (Å²) >= 11 is 3.49. The number of benzene rings is 1. The van der Waals surface area contributed by atoms with Gasteiger partial charge in [-0.05, 0) is 31.5 Å². The van der Waals surface area contributed by atoms with Gasteiger partial charge in [-0.2, -0.15) is 18.3 Å². The Morgan fingerprint density at radius 3 is 2.32 bits per heavy atom. The third-order valence-electron chi connectivity index (χ3n) is 4.71. The molecule has 2 N–H and O–H groups in total. The average Bonchev–Trinajstić information content (AvgIpc) is 3.22. The first kappa shape index (κ1) is 22.9. The van der Waals surface area contributed by atoms with Gasteiger partial charge in [0.25, 0.3) is 0 Å². The molecule has 1 aliphatic heterocycles. The van der Waals surface area contributed by atoms with Crippen molar-refractivity contribution in [2.45, 2.75) is 32.1 Å². The van der Waals surface area contributed by atoms with Crippen molar-refractivity contribution in [1.29, 1.82) is 0 Å². The minimum absolute atomic E-state index is 0.167. The number of hydrogen-bond donors (Lipinski definition) is 2. The molecule has 0 atom stereocenters. The summed E-state index contributed by atoms with van der Waals surface area (Å²) in [6.07, 6.45) is -3.07. The van der Waals surface area contributed by atoms with Crippen LogP contribution in [0.5, 0.6) is 0 Å². The minimum Gasteiger partial charge on any atom is -0.475 e. The molecule has 0 saturated carbocycles. The van der Waals surface area contributed by atoms with Crippen molar-refractivity contribution in [2.75, 3.05) is 13.1 Å². The third-order valence-corrected chi connectivity index (χ3v) is 5.24. The molecular formula is C18H19BrF3N7O2. The number of aryl methyl sites for hydroxylation is 2. The minimum atomic E-state index is -5.08. The van der Waals surface area contributed by atoms with Crippen molar-refractivity contribution in [2.24, 2.45) is 0 Å². The summed E-state index contributed by atoms with van der Waals surface area (Å²) in [7, 11) is 0. The Morgan fingerprint density at radius 2 is 1.87 bits per heavy atom. The standard InChI is InChI=1S/C16H18BrN7.C2HF3O2/c1-11-19-12(2)23(21-11)7-15-8-24(22-20-15)16(9-18-10-16)13-3-5-14(17)6-4-13;3-2(4,5)1(6)7/h3-6,8,18H,7,9-10H2,1-2H3;(H,6,7). The molecule has 166 valence electrons. The highest BCUT2D eigenvalue weighted by atomic mass is 79.9. The van der Waals surface area contributed by atoms with Crippen molar-refractivity contribution >= 4 is 21.9 Å². The van der Waals surface area contributed by atoms with E-state index in [0.29, 0.717) is 6.54 Å². The highest BCUT2D eigenvalue weighted by Gasteiger charge is 2.42. The van der Waals surface area contributed by atoms with Crippen LogP contribution in [0.25, 0.3) is 0 Å². The SMILES string of the molecule is Cc1nc(C)n(Cc2cn(C3(c4ccc(Br)cc4)CNC3)nn2)n1.O=C(O)C(F)(F)F. The van der Waals surface area contributed by atoms with Crippen LogP contribution >= 0.6 is 15.9 Å². The second kappa shape index (κ2) is 8.75. The molecule has 13 heteroatoms. The van der Waals surface area contributed by atoms with Gasteiger partial charge < -0.3 is 10.4 Å². The normalized spacial score (nSPS) is 15.0. The Balaban J connectivity index is 0.000000339. The first-order chi connectivity index (χ1) is 14.5. The van der Waals surface area contributed by atoms with E-state index in [1.54, 1.807) is 0 Å². The molecule has 0 bridgehead atoms. The molecule has 0 radical (unpaired) electrons. The van der Waals surface area contributed by atoms with E-state index in [1.807, 2.05) is 29.4 Å². The van der Waals surface area contributed by atoms with Gasteiger partial charge >= 0.3 is 12.1 Å². The van der Waals surface area contributed by atoms with Crippen LogP contribution in [0.15, 0.2) is 34.9 Å². The van der Waals surface area contributed by atoms with Crippen LogP contribution < -0.4 is 5.32 Å². The van der Waals surface area contributed by atoms with Gasteiger partial charge in [0.2, 0.25) is 0 Å². The molecule has 0 unspecified atom stereocenters. The van der Waals surface area contributed by atoms with Crippen molar-refractivity contribution in [3.8, 4) is 0 Å². The van der Waals surface area contributed by atoms with Gasteiger partial charge in [-0.25, -0.2) is 19.1 Å². The highest BCUT2D eigenvalue weighted by molar-refractivity contribution is 9.10. The van der Waals surface area contributed by atoms with Crippen molar-refractivity contribution in [3.05, 3.63) is 57.8 Å². The number of alkyl halides is 3. The summed E-state index contributed by atoms with van der Waals surface area (Å²) in [5.41, 5.74) is 1.94. The number of nitrogens with one attached hydrogen (secondary N) is 1. The molecule has 1 fully saturated rings. The van der Waals surface area contributed by atoms with Crippen molar-refractivity contribution in [1.82, 2.24) is 35.1 Å². The number of carboxylic acids is 1. The maximum absolute atomic E-state index is 10.6. The lowest BCUT2D eigenvalue weighted by Crippen LogP contribution is -2.61. The fraction of sp³-hybridized carbons (Fsp3) is 0.389. The molecule has 9 nitrogen and oxygen atoms in total. The molecule has 0 amide bonds. The predicted molar refractivity (Wildman–Crippen MR) is 106 cm³/mol. The molecule has 1 aliphatic rings. The second-order valence-electron chi connectivity index (χ2n) is 6.96. The first-order valence-electron chi connectivity index (χ1n) is 9.08. The van der Waals surface area contributed by atoms with E-state index in [0.717, 1.165) is 34.9 Å². The lowest BCUT2D eigenvalue weighted by atomic mass is 9.84. The number of halogens is 4. The van der Waals surface area contributed by atoms with Crippen molar-refractivity contribution in [3.63, 3.8) is 0 Å². The maximum Gasteiger partial charge on any atom is 0.490 e. The number of hydrogen-bond acceptors (Lipinski definition) is 6. The molecular weight excluding hydrogens is 483 g/mol. The lowest BCUT2D eigenvalue weighted by molar-refractivity contribution is -0.192. The quantitative estimate of drug-likeness (QED) is 0.564. The van der Waals surface area contributed by atoms with Crippen LogP contribution in [0, 0.1) is 13.8 Å². The number of aliphatic carboxylic acids is 1. The highest BCUT2D eigenvalue weighted by Crippen LogP contribution is 2.30. The molecule has 2 aromatic heterocycles. The molecule has 4 rings (SSSR count). The van der Waals surface area contributed by atoms with E-state index in [1.165, 1.54) is 5.56 Å². The molecule has 1 aromatic carbocycles. The van der Waals surface area contributed by atoms with E-state index in [-0.39, 0.29) is 5.54 Å². The average molecular weight is 502 g/mol. The van der Waals surface area contributed by atoms with Gasteiger partial charge in [-0.1, -0.05) is 33.3 Å². The van der Waals surface area contributed by atoms with Crippen LogP contribution in [0.2, 0.25) is 0 Å². The summed E-state index contributed by atoms with van der Waals surface area (Å²) < 4.78 is 36.6. The number of aromatic nitrogens is 6. The van der Waals surface area contributed by atoms with Crippen LogP contribution in [0.1, 0.15) is 22.9 Å². The van der Waals surface area contributed by atoms with E-state index in [4.69, 9.17) is 9.90 Å². The summed E-state index contributed by atoms with van der Waals surface area (Å²) in [4.78, 5) is 13.2. The Bertz CT molecular complexity index is 1060. The van der Waals surface area contributed by atoms with Crippen LogP contribution in [-0.2, 0) is 16.9 Å². The van der Waals surface area contributed by atoms with Gasteiger partial charge in [0.15, 0.2) is 0 Å². The number of carbonyl (C=O) groups is 1. The fourth-order valence-electron chi connectivity index (χ4n) is 3.06. The van der Waals surface area contributed by atoms with Crippen LogP contribution in [0.4, 0.5) is 13.2 Å². The van der Waals surface area contributed by atoms with E-state index < -0.39 is 12.1 Å².